The van der Waals surface area contributed by atoms with E-state index in [0.29, 0.717) is 42.5 Å². The van der Waals surface area contributed by atoms with Gasteiger partial charge in [-0.3, -0.25) is 9.69 Å². The summed E-state index contributed by atoms with van der Waals surface area (Å²) in [6, 6.07) is 8.92. The molecule has 16 heteroatoms. The van der Waals surface area contributed by atoms with Gasteiger partial charge in [0.25, 0.3) is 15.9 Å². The summed E-state index contributed by atoms with van der Waals surface area (Å²) in [5.74, 6) is 1.28. The van der Waals surface area contributed by atoms with Crippen LogP contribution < -0.4 is 14.8 Å². The number of anilines is 1. The summed E-state index contributed by atoms with van der Waals surface area (Å²) in [6.07, 6.45) is 2.15. The number of hydrogen-bond donors (Lipinski definition) is 2. The molecule has 3 aromatic heterocycles. The summed E-state index contributed by atoms with van der Waals surface area (Å²) in [6.45, 7) is 19.0. The Bertz CT molecular complexity index is 1780. The Morgan fingerprint density at radius 1 is 1.06 bits per heavy atom. The third-order valence-electron chi connectivity index (χ3n) is 8.49. The van der Waals surface area contributed by atoms with Crippen LogP contribution in [0.2, 0.25) is 5.15 Å². The predicted octanol–water partition coefficient (Wildman–Crippen LogP) is 6.31. The quantitative estimate of drug-likeness (QED) is 0.140. The highest BCUT2D eigenvalue weighted by molar-refractivity contribution is 7.90. The fraction of sp³-hybridized carbons (Fsp3) is 0.571. The van der Waals surface area contributed by atoms with Gasteiger partial charge < -0.3 is 19.5 Å². The molecule has 14 nitrogen and oxygen atoms in total. The van der Waals surface area contributed by atoms with Crippen LogP contribution >= 0.6 is 11.6 Å². The fourth-order valence-corrected chi connectivity index (χ4v) is 6.96. The van der Waals surface area contributed by atoms with Gasteiger partial charge in [0, 0.05) is 24.3 Å². The first-order chi connectivity index (χ1) is 23.8. The second kappa shape index (κ2) is 16.2. The van der Waals surface area contributed by atoms with Crippen LogP contribution in [-0.2, 0) is 19.5 Å². The van der Waals surface area contributed by atoms with E-state index in [1.807, 2.05) is 39.3 Å². The molecule has 4 rings (SSSR count). The molecular formula is C35H50ClN7O7S. The zero-order valence-electron chi connectivity index (χ0n) is 30.8. The number of amides is 2. The van der Waals surface area contributed by atoms with Crippen LogP contribution in [0.25, 0.3) is 5.82 Å². The summed E-state index contributed by atoms with van der Waals surface area (Å²) in [4.78, 5) is 36.0. The van der Waals surface area contributed by atoms with Gasteiger partial charge in [-0.2, -0.15) is 8.42 Å². The highest BCUT2D eigenvalue weighted by atomic mass is 35.5. The van der Waals surface area contributed by atoms with Gasteiger partial charge in [-0.05, 0) is 89.5 Å². The minimum atomic E-state index is -4.38. The zero-order valence-corrected chi connectivity index (χ0v) is 32.3. The Morgan fingerprint density at radius 2 is 1.76 bits per heavy atom. The van der Waals surface area contributed by atoms with Crippen LogP contribution in [0.5, 0.6) is 5.88 Å². The molecule has 280 valence electrons. The van der Waals surface area contributed by atoms with E-state index in [1.54, 1.807) is 23.2 Å². The molecule has 1 aliphatic heterocycles. The van der Waals surface area contributed by atoms with Crippen molar-refractivity contribution in [3.63, 3.8) is 0 Å². The first kappa shape index (κ1) is 39.8. The molecule has 3 aromatic rings. The Morgan fingerprint density at radius 3 is 2.41 bits per heavy atom. The van der Waals surface area contributed by atoms with Gasteiger partial charge in [-0.25, -0.2) is 24.2 Å². The molecule has 0 saturated carbocycles. The van der Waals surface area contributed by atoms with Gasteiger partial charge in [0.2, 0.25) is 5.88 Å². The average molecular weight is 748 g/mol. The highest BCUT2D eigenvalue weighted by Crippen LogP contribution is 2.35. The number of likely N-dealkylation sites (tertiary alicyclic amines) is 1. The van der Waals surface area contributed by atoms with E-state index in [1.165, 1.54) is 28.9 Å². The molecule has 4 heterocycles. The lowest BCUT2D eigenvalue weighted by atomic mass is 9.86. The number of hydrogen-bond acceptors (Lipinski definition) is 11. The first-order valence-corrected chi connectivity index (χ1v) is 18.9. The van der Waals surface area contributed by atoms with Gasteiger partial charge >= 0.3 is 6.09 Å². The van der Waals surface area contributed by atoms with Gasteiger partial charge in [0.05, 0.1) is 18.8 Å². The molecule has 0 radical (unpaired) electrons. The zero-order chi connectivity index (χ0) is 37.7. The molecule has 1 fully saturated rings. The molecule has 1 aliphatic rings. The summed E-state index contributed by atoms with van der Waals surface area (Å²) in [5.41, 5.74) is -1.22. The second-order valence-corrected chi connectivity index (χ2v) is 16.8. The number of nitrogens with one attached hydrogen (secondary N) is 2. The number of ether oxygens (including phenoxy) is 3. The summed E-state index contributed by atoms with van der Waals surface area (Å²) in [5, 5.41) is 6.84. The number of carbonyl (C=O) groups excluding carboxylic acids is 2. The monoisotopic (exact) mass is 747 g/mol. The van der Waals surface area contributed by atoms with E-state index >= 15 is 0 Å². The number of rotatable bonds is 14. The van der Waals surface area contributed by atoms with Crippen molar-refractivity contribution in [1.29, 1.82) is 0 Å². The smallest absolute Gasteiger partial charge is 0.412 e. The van der Waals surface area contributed by atoms with Crippen molar-refractivity contribution in [2.45, 2.75) is 97.5 Å². The van der Waals surface area contributed by atoms with Crippen LogP contribution in [0.15, 0.2) is 47.6 Å². The van der Waals surface area contributed by atoms with Crippen molar-refractivity contribution in [1.82, 2.24) is 29.4 Å². The Kier molecular flexibility index (Phi) is 12.6. The van der Waals surface area contributed by atoms with Crippen molar-refractivity contribution < 1.29 is 32.2 Å². The largest absolute Gasteiger partial charge is 0.476 e. The van der Waals surface area contributed by atoms with Crippen molar-refractivity contribution in [2.75, 3.05) is 25.1 Å². The van der Waals surface area contributed by atoms with E-state index in [2.05, 4.69) is 48.1 Å². The molecular weight excluding hydrogens is 698 g/mol. The Balaban J connectivity index is 1.33. The van der Waals surface area contributed by atoms with Crippen LogP contribution in [0.1, 0.15) is 85.5 Å². The Hall–Kier alpha value is -3.95. The molecule has 0 bridgehead atoms. The SMILES string of the molecule is CC(C)C(COc1ccn(-c2ccc(C(=O)NS(=O)(=O)c3cccc(NCCOC4CCC(C)(C)N4C(=O)OC(C)(C)C)n3)c(Cl)n2)n1)C(C)C. The standard InChI is InChI=1S/C35H50ClN7O7S/c1-22(2)25(23(3)4)21-49-28-16-19-42(40-28)27-14-13-24(31(36)39-27)32(44)41-51(46,47)29-12-10-11-26(38-29)37-18-20-48-30-15-17-35(8,9)43(30)33(45)50-34(5,6)7/h10-14,16,19,22-23,25,30H,15,17-18,20-21H2,1-9H3,(H,37,38)(H,41,44). The topological polar surface area (TPSA) is 167 Å². The van der Waals surface area contributed by atoms with Crippen LogP contribution in [0, 0.1) is 17.8 Å². The summed E-state index contributed by atoms with van der Waals surface area (Å²) >= 11 is 6.34. The number of pyridine rings is 2. The molecule has 51 heavy (non-hydrogen) atoms. The predicted molar refractivity (Wildman–Crippen MR) is 194 cm³/mol. The molecule has 2 amide bonds. The van der Waals surface area contributed by atoms with Crippen molar-refractivity contribution >= 4 is 39.4 Å². The normalized spacial score (nSPS) is 16.2. The lowest BCUT2D eigenvalue weighted by Crippen LogP contribution is -2.50. The lowest BCUT2D eigenvalue weighted by Gasteiger charge is -2.36. The van der Waals surface area contributed by atoms with E-state index < -0.39 is 39.4 Å². The first-order valence-electron chi connectivity index (χ1n) is 17.0. The maximum absolute atomic E-state index is 13.1. The van der Waals surface area contributed by atoms with Crippen molar-refractivity contribution in [3.8, 4) is 11.7 Å². The molecule has 0 aliphatic carbocycles. The molecule has 1 unspecified atom stereocenters. The highest BCUT2D eigenvalue weighted by Gasteiger charge is 2.45. The van der Waals surface area contributed by atoms with Gasteiger partial charge in [-0.1, -0.05) is 45.4 Å². The lowest BCUT2D eigenvalue weighted by molar-refractivity contribution is -0.0684. The van der Waals surface area contributed by atoms with Crippen LogP contribution in [0.4, 0.5) is 10.6 Å². The van der Waals surface area contributed by atoms with Crippen LogP contribution in [-0.4, -0.2) is 82.2 Å². The average Bonchev–Trinajstić information content (AvgIpc) is 3.61. The number of nitrogens with zero attached hydrogens (tertiary/aromatic N) is 5. The number of carbonyl (C=O) groups is 2. The molecule has 0 aromatic carbocycles. The van der Waals surface area contributed by atoms with Gasteiger partial charge in [-0.15, -0.1) is 5.10 Å². The third-order valence-corrected chi connectivity index (χ3v) is 10.0. The van der Waals surface area contributed by atoms with Crippen molar-refractivity contribution in [3.05, 3.63) is 53.3 Å². The summed E-state index contributed by atoms with van der Waals surface area (Å²) < 4.78 is 47.3. The molecule has 1 saturated heterocycles. The molecule has 0 spiro atoms. The van der Waals surface area contributed by atoms with Gasteiger partial charge in [0.15, 0.2) is 10.8 Å². The maximum atomic E-state index is 13.1. The third kappa shape index (κ3) is 10.5. The van der Waals surface area contributed by atoms with E-state index in [-0.39, 0.29) is 34.7 Å². The van der Waals surface area contributed by atoms with Crippen molar-refractivity contribution in [2.24, 2.45) is 17.8 Å². The number of halogens is 1. The number of aromatic nitrogens is 4. The van der Waals surface area contributed by atoms with Crippen LogP contribution in [0.3, 0.4) is 0 Å². The minimum Gasteiger partial charge on any atom is -0.476 e. The Labute approximate surface area is 305 Å². The van der Waals surface area contributed by atoms with Gasteiger partial charge in [0.1, 0.15) is 22.8 Å². The minimum absolute atomic E-state index is 0.147. The molecule has 2 N–H and O–H groups in total. The number of sulfonamides is 1. The van der Waals surface area contributed by atoms with E-state index in [4.69, 9.17) is 25.8 Å². The maximum Gasteiger partial charge on any atom is 0.412 e. The van der Waals surface area contributed by atoms with E-state index in [0.717, 1.165) is 6.42 Å². The summed E-state index contributed by atoms with van der Waals surface area (Å²) in [7, 11) is -4.38. The molecule has 1 atom stereocenters. The fourth-order valence-electron chi connectivity index (χ4n) is 5.79. The van der Waals surface area contributed by atoms with E-state index in [9.17, 15) is 18.0 Å². The second-order valence-electron chi connectivity index (χ2n) is 14.8.